The summed E-state index contributed by atoms with van der Waals surface area (Å²) >= 11 is 0. The molecule has 1 amide bonds. The molecule has 120 valence electrons. The van der Waals surface area contributed by atoms with Crippen LogP contribution >= 0.6 is 0 Å². The van der Waals surface area contributed by atoms with Gasteiger partial charge >= 0.3 is 5.97 Å². The number of aryl methyl sites for hydroxylation is 1. The number of methoxy groups -OCH3 is 1. The minimum atomic E-state index is -0.720. The van der Waals surface area contributed by atoms with E-state index in [0.717, 1.165) is 16.6 Å². The Labute approximate surface area is 134 Å². The van der Waals surface area contributed by atoms with Gasteiger partial charge in [0.25, 0.3) is 5.91 Å². The molecule has 1 fully saturated rings. The Kier molecular flexibility index (Phi) is 4.25. The van der Waals surface area contributed by atoms with E-state index >= 15 is 0 Å². The molecule has 0 unspecified atom stereocenters. The number of ether oxygens (including phenoxy) is 2. The van der Waals surface area contributed by atoms with Crippen molar-refractivity contribution in [1.82, 2.24) is 9.88 Å². The van der Waals surface area contributed by atoms with Crippen LogP contribution in [-0.4, -0.2) is 54.7 Å². The van der Waals surface area contributed by atoms with Crippen molar-refractivity contribution >= 4 is 22.8 Å². The molecule has 0 spiro atoms. The second-order valence-electron chi connectivity index (χ2n) is 5.49. The van der Waals surface area contributed by atoms with Crippen molar-refractivity contribution in [3.8, 4) is 0 Å². The Hall–Kier alpha value is -2.47. The molecule has 1 aromatic carbocycles. The van der Waals surface area contributed by atoms with Gasteiger partial charge in [-0.15, -0.1) is 0 Å². The number of aromatic nitrogens is 1. The summed E-state index contributed by atoms with van der Waals surface area (Å²) in [4.78, 5) is 30.3. The van der Waals surface area contributed by atoms with E-state index in [9.17, 15) is 9.59 Å². The van der Waals surface area contributed by atoms with Gasteiger partial charge in [0.2, 0.25) is 0 Å². The van der Waals surface area contributed by atoms with Crippen LogP contribution < -0.4 is 0 Å². The highest BCUT2D eigenvalue weighted by atomic mass is 16.6. The second-order valence-corrected chi connectivity index (χ2v) is 5.49. The molecule has 6 nitrogen and oxygen atoms in total. The molecular weight excluding hydrogens is 296 g/mol. The summed E-state index contributed by atoms with van der Waals surface area (Å²) in [5.41, 5.74) is 2.37. The third kappa shape index (κ3) is 3.17. The third-order valence-electron chi connectivity index (χ3n) is 3.89. The van der Waals surface area contributed by atoms with Crippen LogP contribution in [0.3, 0.4) is 0 Å². The molecule has 0 bridgehead atoms. The van der Waals surface area contributed by atoms with Gasteiger partial charge in [-0.25, -0.2) is 4.79 Å². The molecule has 1 atom stereocenters. The fourth-order valence-electron chi connectivity index (χ4n) is 2.65. The average Bonchev–Trinajstić information content (AvgIpc) is 2.60. The van der Waals surface area contributed by atoms with Crippen LogP contribution in [0.2, 0.25) is 0 Å². The van der Waals surface area contributed by atoms with Crippen molar-refractivity contribution in [2.24, 2.45) is 0 Å². The Morgan fingerprint density at radius 1 is 1.30 bits per heavy atom. The Morgan fingerprint density at radius 2 is 2.13 bits per heavy atom. The molecule has 0 N–H and O–H groups in total. The summed E-state index contributed by atoms with van der Waals surface area (Å²) < 4.78 is 10.0. The highest BCUT2D eigenvalue weighted by Gasteiger charge is 2.30. The second kappa shape index (κ2) is 6.34. The highest BCUT2D eigenvalue weighted by molar-refractivity contribution is 5.98. The first-order valence-corrected chi connectivity index (χ1v) is 7.44. The number of hydrogen-bond donors (Lipinski definition) is 0. The Balaban J connectivity index is 1.82. The number of pyridine rings is 1. The number of carbonyl (C=O) groups is 2. The standard InChI is InChI=1S/C17H18N2O4/c1-11-3-4-12-9-13(5-6-14(12)18-11)16(20)19-7-8-23-15(10-19)17(21)22-2/h3-6,9,15H,7-8,10H2,1-2H3/t15-/m0/s1. The lowest BCUT2D eigenvalue weighted by Crippen LogP contribution is -2.48. The van der Waals surface area contributed by atoms with Crippen LogP contribution in [0.5, 0.6) is 0 Å². The molecule has 1 aliphatic rings. The summed E-state index contributed by atoms with van der Waals surface area (Å²) in [5.74, 6) is -0.578. The monoisotopic (exact) mass is 314 g/mol. The maximum Gasteiger partial charge on any atom is 0.336 e. The van der Waals surface area contributed by atoms with Crippen LogP contribution in [0.4, 0.5) is 0 Å². The van der Waals surface area contributed by atoms with Crippen LogP contribution in [0.25, 0.3) is 10.9 Å². The van der Waals surface area contributed by atoms with Gasteiger partial charge in [-0.2, -0.15) is 0 Å². The first kappa shape index (κ1) is 15.4. The average molecular weight is 314 g/mol. The fraction of sp³-hybridized carbons (Fsp3) is 0.353. The van der Waals surface area contributed by atoms with E-state index in [2.05, 4.69) is 9.72 Å². The predicted octanol–water partition coefficient (Wildman–Crippen LogP) is 1.56. The van der Waals surface area contributed by atoms with E-state index in [-0.39, 0.29) is 12.5 Å². The number of morpholine rings is 1. The molecule has 0 radical (unpaired) electrons. The lowest BCUT2D eigenvalue weighted by molar-refractivity contribution is -0.158. The van der Waals surface area contributed by atoms with Gasteiger partial charge in [0.1, 0.15) is 0 Å². The SMILES string of the molecule is COC(=O)[C@@H]1CN(C(=O)c2ccc3nc(C)ccc3c2)CCO1. The number of amides is 1. The van der Waals surface area contributed by atoms with Gasteiger partial charge in [-0.3, -0.25) is 9.78 Å². The fourth-order valence-corrected chi connectivity index (χ4v) is 2.65. The maximum absolute atomic E-state index is 12.7. The largest absolute Gasteiger partial charge is 0.467 e. The molecule has 1 saturated heterocycles. The van der Waals surface area contributed by atoms with Gasteiger partial charge < -0.3 is 14.4 Å². The third-order valence-corrected chi connectivity index (χ3v) is 3.89. The number of fused-ring (bicyclic) bond motifs is 1. The van der Waals surface area contributed by atoms with E-state index in [0.29, 0.717) is 18.7 Å². The molecule has 0 saturated carbocycles. The molecule has 3 rings (SSSR count). The minimum Gasteiger partial charge on any atom is -0.467 e. The van der Waals surface area contributed by atoms with Crippen LogP contribution in [0.15, 0.2) is 30.3 Å². The van der Waals surface area contributed by atoms with Crippen molar-refractivity contribution in [1.29, 1.82) is 0 Å². The zero-order chi connectivity index (χ0) is 16.4. The highest BCUT2D eigenvalue weighted by Crippen LogP contribution is 2.17. The molecular formula is C17H18N2O4. The topological polar surface area (TPSA) is 68.7 Å². The molecule has 0 aliphatic carbocycles. The maximum atomic E-state index is 12.7. The molecule has 23 heavy (non-hydrogen) atoms. The van der Waals surface area contributed by atoms with E-state index in [4.69, 9.17) is 4.74 Å². The van der Waals surface area contributed by atoms with E-state index in [1.54, 1.807) is 11.0 Å². The first-order chi connectivity index (χ1) is 11.1. The van der Waals surface area contributed by atoms with E-state index < -0.39 is 12.1 Å². The van der Waals surface area contributed by atoms with Crippen molar-refractivity contribution in [3.05, 3.63) is 41.6 Å². The predicted molar refractivity (Wildman–Crippen MR) is 84.1 cm³/mol. The van der Waals surface area contributed by atoms with Crippen molar-refractivity contribution < 1.29 is 19.1 Å². The lowest BCUT2D eigenvalue weighted by atomic mass is 10.1. The minimum absolute atomic E-state index is 0.121. The van der Waals surface area contributed by atoms with Gasteiger partial charge in [-0.1, -0.05) is 6.07 Å². The van der Waals surface area contributed by atoms with Gasteiger partial charge in [0.15, 0.2) is 6.10 Å². The first-order valence-electron chi connectivity index (χ1n) is 7.44. The summed E-state index contributed by atoms with van der Waals surface area (Å²) in [5, 5.41) is 0.916. The molecule has 1 aliphatic heterocycles. The normalized spacial score (nSPS) is 18.0. The molecule has 2 heterocycles. The van der Waals surface area contributed by atoms with E-state index in [1.807, 2.05) is 31.2 Å². The quantitative estimate of drug-likeness (QED) is 0.787. The van der Waals surface area contributed by atoms with Crippen LogP contribution in [0, 0.1) is 6.92 Å². The van der Waals surface area contributed by atoms with Gasteiger partial charge in [0, 0.05) is 23.2 Å². The molecule has 1 aromatic heterocycles. The zero-order valence-corrected chi connectivity index (χ0v) is 13.1. The number of hydrogen-bond acceptors (Lipinski definition) is 5. The molecule has 6 heteroatoms. The van der Waals surface area contributed by atoms with Crippen molar-refractivity contribution in [2.75, 3.05) is 26.8 Å². The number of rotatable bonds is 2. The summed E-state index contributed by atoms with van der Waals surface area (Å²) in [7, 11) is 1.31. The number of nitrogens with zero attached hydrogens (tertiary/aromatic N) is 2. The summed E-state index contributed by atoms with van der Waals surface area (Å²) in [6.45, 7) is 2.91. The number of benzene rings is 1. The number of carbonyl (C=O) groups excluding carboxylic acids is 2. The van der Waals surface area contributed by atoms with E-state index in [1.165, 1.54) is 7.11 Å². The Morgan fingerprint density at radius 3 is 2.91 bits per heavy atom. The Bertz CT molecular complexity index is 759. The van der Waals surface area contributed by atoms with Crippen molar-refractivity contribution in [2.45, 2.75) is 13.0 Å². The van der Waals surface area contributed by atoms with Gasteiger partial charge in [-0.05, 0) is 31.2 Å². The molecule has 2 aromatic rings. The van der Waals surface area contributed by atoms with Crippen molar-refractivity contribution in [3.63, 3.8) is 0 Å². The zero-order valence-electron chi connectivity index (χ0n) is 13.1. The number of esters is 1. The summed E-state index contributed by atoms with van der Waals surface area (Å²) in [6.07, 6.45) is -0.720. The lowest BCUT2D eigenvalue weighted by Gasteiger charge is -2.31. The van der Waals surface area contributed by atoms with Crippen LogP contribution in [0.1, 0.15) is 16.1 Å². The van der Waals surface area contributed by atoms with Crippen LogP contribution in [-0.2, 0) is 14.3 Å². The van der Waals surface area contributed by atoms with Gasteiger partial charge in [0.05, 0.1) is 25.8 Å². The smallest absolute Gasteiger partial charge is 0.336 e. The summed E-state index contributed by atoms with van der Waals surface area (Å²) in [6, 6.07) is 9.30.